The Labute approximate surface area is 244 Å². The Morgan fingerprint density at radius 2 is 1.68 bits per heavy atom. The number of cyclic esters (lactones) is 1. The van der Waals surface area contributed by atoms with Crippen LogP contribution in [0.3, 0.4) is 0 Å². The molecule has 0 saturated carbocycles. The highest BCUT2D eigenvalue weighted by atomic mass is 16.6. The van der Waals surface area contributed by atoms with Gasteiger partial charge >= 0.3 is 17.9 Å². The molecule has 0 aliphatic carbocycles. The number of methoxy groups -OCH3 is 2. The third-order valence-electron chi connectivity index (χ3n) is 7.58. The summed E-state index contributed by atoms with van der Waals surface area (Å²) in [5, 5.41) is 0. The molecule has 0 aromatic carbocycles. The normalized spacial score (nSPS) is 32.0. The van der Waals surface area contributed by atoms with Crippen molar-refractivity contribution in [3.63, 3.8) is 0 Å². The zero-order valence-corrected chi connectivity index (χ0v) is 24.9. The molecular weight excluding hydrogens is 524 g/mol. The lowest BCUT2D eigenvalue weighted by atomic mass is 9.90. The summed E-state index contributed by atoms with van der Waals surface area (Å²) in [4.78, 5) is 36.4. The highest BCUT2D eigenvalue weighted by Gasteiger charge is 2.33. The lowest BCUT2D eigenvalue weighted by Gasteiger charge is -2.37. The molecule has 2 saturated heterocycles. The second-order valence-corrected chi connectivity index (χ2v) is 11.3. The molecule has 3 rings (SSSR count). The second-order valence-electron chi connectivity index (χ2n) is 11.3. The van der Waals surface area contributed by atoms with Gasteiger partial charge in [-0.15, -0.1) is 0 Å². The van der Waals surface area contributed by atoms with Gasteiger partial charge in [0.1, 0.15) is 6.10 Å². The van der Waals surface area contributed by atoms with Gasteiger partial charge in [-0.3, -0.25) is 9.59 Å². The van der Waals surface area contributed by atoms with Crippen LogP contribution >= 0.6 is 0 Å². The van der Waals surface area contributed by atoms with Gasteiger partial charge in [-0.05, 0) is 57.4 Å². The molecule has 0 aromatic rings. The van der Waals surface area contributed by atoms with Crippen molar-refractivity contribution in [1.82, 2.24) is 0 Å². The van der Waals surface area contributed by atoms with Gasteiger partial charge < -0.3 is 23.7 Å². The lowest BCUT2D eigenvalue weighted by Crippen LogP contribution is -2.37. The smallest absolute Gasteiger partial charge is 0.330 e. The molecule has 0 aromatic heterocycles. The minimum Gasteiger partial charge on any atom is -0.469 e. The predicted molar refractivity (Wildman–Crippen MR) is 156 cm³/mol. The first-order valence-electron chi connectivity index (χ1n) is 14.8. The molecule has 0 spiro atoms. The number of hydrogen-bond donors (Lipinski definition) is 0. The fraction of sp³-hybridized carbons (Fsp3) is 0.606. The number of rotatable bonds is 6. The summed E-state index contributed by atoms with van der Waals surface area (Å²) in [5.74, 6) is -0.687. The van der Waals surface area contributed by atoms with Crippen LogP contribution in [0, 0.1) is 5.92 Å². The van der Waals surface area contributed by atoms with Crippen LogP contribution in [-0.2, 0) is 38.1 Å². The van der Waals surface area contributed by atoms with E-state index in [-0.39, 0.29) is 49.2 Å². The number of allylic oxidation sites excluding steroid dienone is 5. The molecule has 0 radical (unpaired) electrons. The SMILES string of the molecule is COC(=O)C=C1CC2CC(=O)OC(/C=C/C=C\C=C(/C)CC(=O)OC)C/C=C\C(C)CC3CCCC(CC(C1)O2)O3. The van der Waals surface area contributed by atoms with E-state index in [0.717, 1.165) is 43.3 Å². The van der Waals surface area contributed by atoms with Crippen molar-refractivity contribution in [3.8, 4) is 0 Å². The largest absolute Gasteiger partial charge is 0.469 e. The Bertz CT molecular complexity index is 1040. The molecule has 3 aliphatic heterocycles. The number of carbonyl (C=O) groups is 3. The third-order valence-corrected chi connectivity index (χ3v) is 7.58. The Hall–Kier alpha value is -2.97. The fourth-order valence-electron chi connectivity index (χ4n) is 5.60. The van der Waals surface area contributed by atoms with Gasteiger partial charge in [0.15, 0.2) is 0 Å². The van der Waals surface area contributed by atoms with Gasteiger partial charge in [0, 0.05) is 18.9 Å². The van der Waals surface area contributed by atoms with E-state index in [4.69, 9.17) is 23.7 Å². The highest BCUT2D eigenvalue weighted by molar-refractivity contribution is 5.82. The molecule has 6 atom stereocenters. The molecule has 0 N–H and O–H groups in total. The summed E-state index contributed by atoms with van der Waals surface area (Å²) < 4.78 is 28.3. The zero-order valence-electron chi connectivity index (χ0n) is 24.9. The number of hydrogen-bond acceptors (Lipinski definition) is 8. The number of esters is 3. The fourth-order valence-corrected chi connectivity index (χ4v) is 5.60. The van der Waals surface area contributed by atoms with Crippen LogP contribution in [0.2, 0.25) is 0 Å². The van der Waals surface area contributed by atoms with E-state index in [0.29, 0.717) is 25.2 Å². The maximum atomic E-state index is 13.1. The first-order chi connectivity index (χ1) is 19.7. The van der Waals surface area contributed by atoms with E-state index in [1.165, 1.54) is 20.3 Å². The van der Waals surface area contributed by atoms with Gasteiger partial charge in [0.05, 0.1) is 51.5 Å². The van der Waals surface area contributed by atoms with Gasteiger partial charge in [0.25, 0.3) is 0 Å². The monoisotopic (exact) mass is 570 g/mol. The van der Waals surface area contributed by atoms with Crippen LogP contribution in [0.25, 0.3) is 0 Å². The molecule has 3 aliphatic rings. The average Bonchev–Trinajstić information content (AvgIpc) is 2.92. The van der Waals surface area contributed by atoms with Gasteiger partial charge in [-0.1, -0.05) is 54.5 Å². The second kappa shape index (κ2) is 17.1. The maximum Gasteiger partial charge on any atom is 0.330 e. The van der Waals surface area contributed by atoms with Gasteiger partial charge in [-0.25, -0.2) is 4.79 Å². The molecule has 4 bridgehead atoms. The minimum atomic E-state index is -0.441. The summed E-state index contributed by atoms with van der Waals surface area (Å²) in [6.45, 7) is 4.05. The Morgan fingerprint density at radius 1 is 0.951 bits per heavy atom. The van der Waals surface area contributed by atoms with Crippen molar-refractivity contribution in [2.75, 3.05) is 14.2 Å². The maximum absolute atomic E-state index is 13.1. The molecule has 41 heavy (non-hydrogen) atoms. The van der Waals surface area contributed by atoms with E-state index in [2.05, 4.69) is 19.1 Å². The van der Waals surface area contributed by atoms with E-state index in [9.17, 15) is 14.4 Å². The Balaban J connectivity index is 1.75. The standard InChI is InChI=1S/C33H46O8/c1-23-11-8-13-26(12-7-5-6-10-24(2)17-31(34)37-3)41-33(36)22-30-19-25(20-32(35)38-4)18-29(40-30)21-28-15-9-14-27(16-23)39-28/h5-8,10-12,20,23,26-30H,9,13-19,21-22H2,1-4H3/b6-5-,11-8-,12-7+,24-10+,25-20?. The number of fused-ring (bicyclic) bond motifs is 4. The lowest BCUT2D eigenvalue weighted by molar-refractivity contribution is -0.153. The quantitative estimate of drug-likeness (QED) is 0.129. The molecule has 8 heteroatoms. The van der Waals surface area contributed by atoms with Crippen molar-refractivity contribution < 1.29 is 38.1 Å². The molecule has 3 heterocycles. The molecule has 8 nitrogen and oxygen atoms in total. The Morgan fingerprint density at radius 3 is 2.44 bits per heavy atom. The topological polar surface area (TPSA) is 97.4 Å². The van der Waals surface area contributed by atoms with Crippen LogP contribution in [0.5, 0.6) is 0 Å². The van der Waals surface area contributed by atoms with Gasteiger partial charge in [0.2, 0.25) is 0 Å². The summed E-state index contributed by atoms with van der Waals surface area (Å²) in [6, 6.07) is 0. The van der Waals surface area contributed by atoms with E-state index in [1.807, 2.05) is 37.3 Å². The minimum absolute atomic E-state index is 0.0961. The summed E-state index contributed by atoms with van der Waals surface area (Å²) in [7, 11) is 2.73. The number of carbonyl (C=O) groups excluding carboxylic acids is 3. The van der Waals surface area contributed by atoms with Crippen LogP contribution in [-0.4, -0.2) is 62.6 Å². The first-order valence-corrected chi connectivity index (χ1v) is 14.8. The highest BCUT2D eigenvalue weighted by Crippen LogP contribution is 2.33. The van der Waals surface area contributed by atoms with Crippen LogP contribution in [0.4, 0.5) is 0 Å². The van der Waals surface area contributed by atoms with Crippen molar-refractivity contribution in [2.24, 2.45) is 5.92 Å². The zero-order chi connectivity index (χ0) is 29.6. The summed E-state index contributed by atoms with van der Waals surface area (Å²) in [5.41, 5.74) is 1.81. The van der Waals surface area contributed by atoms with E-state index >= 15 is 0 Å². The first kappa shape index (κ1) is 32.5. The molecule has 2 fully saturated rings. The molecule has 0 amide bonds. The van der Waals surface area contributed by atoms with Gasteiger partial charge in [-0.2, -0.15) is 0 Å². The average molecular weight is 571 g/mol. The van der Waals surface area contributed by atoms with E-state index < -0.39 is 12.1 Å². The molecule has 226 valence electrons. The van der Waals surface area contributed by atoms with Crippen LogP contribution in [0.15, 0.2) is 59.8 Å². The predicted octanol–water partition coefficient (Wildman–Crippen LogP) is 5.87. The van der Waals surface area contributed by atoms with Crippen molar-refractivity contribution in [1.29, 1.82) is 0 Å². The summed E-state index contributed by atoms with van der Waals surface area (Å²) in [6.07, 6.45) is 21.2. The van der Waals surface area contributed by atoms with Crippen molar-refractivity contribution in [3.05, 3.63) is 59.8 Å². The Kier molecular flexibility index (Phi) is 13.6. The number of ether oxygens (including phenoxy) is 5. The molecule has 6 unspecified atom stereocenters. The van der Waals surface area contributed by atoms with Crippen LogP contribution in [0.1, 0.15) is 78.1 Å². The summed E-state index contributed by atoms with van der Waals surface area (Å²) >= 11 is 0. The van der Waals surface area contributed by atoms with E-state index in [1.54, 1.807) is 0 Å². The van der Waals surface area contributed by atoms with Crippen LogP contribution < -0.4 is 0 Å². The van der Waals surface area contributed by atoms with Crippen molar-refractivity contribution >= 4 is 17.9 Å². The van der Waals surface area contributed by atoms with Crippen molar-refractivity contribution in [2.45, 2.75) is 109 Å². The molecular formula is C33H46O8. The third kappa shape index (κ3) is 12.2.